The van der Waals surface area contributed by atoms with Gasteiger partial charge in [0.2, 0.25) is 5.89 Å². The smallest absolute Gasteiger partial charge is 0.414 e. The molecule has 2 aromatic carbocycles. The Hall–Kier alpha value is -3.00. The Morgan fingerprint density at radius 2 is 1.70 bits per heavy atom. The minimum absolute atomic E-state index is 0.0231. The Kier molecular flexibility index (Phi) is 4.07. The van der Waals surface area contributed by atoms with Gasteiger partial charge in [-0.2, -0.15) is 13.2 Å². The van der Waals surface area contributed by atoms with Crippen molar-refractivity contribution < 1.29 is 17.6 Å². The monoisotopic (exact) mass is 390 g/mol. The van der Waals surface area contributed by atoms with Crippen LogP contribution in [0.15, 0.2) is 46.9 Å². The summed E-state index contributed by atoms with van der Waals surface area (Å²) in [6.07, 6.45) is -4.49. The van der Waals surface area contributed by atoms with Gasteiger partial charge in [0.25, 0.3) is 5.89 Å². The highest BCUT2D eigenvalue weighted by Gasteiger charge is 2.31. The van der Waals surface area contributed by atoms with Gasteiger partial charge < -0.3 is 4.42 Å². The van der Waals surface area contributed by atoms with Crippen LogP contribution in [0.25, 0.3) is 34.1 Å². The molecule has 0 N–H and O–H groups in total. The normalized spacial score (nSPS) is 11.9. The van der Waals surface area contributed by atoms with Crippen LogP contribution in [0.4, 0.5) is 13.2 Å². The molecular weight excluding hydrogens is 381 g/mol. The fourth-order valence-electron chi connectivity index (χ4n) is 2.56. The first kappa shape index (κ1) is 17.4. The number of hydrogen-bond donors (Lipinski definition) is 0. The van der Waals surface area contributed by atoms with Crippen molar-refractivity contribution in [2.75, 3.05) is 0 Å². The van der Waals surface area contributed by atoms with Crippen LogP contribution in [-0.2, 0) is 6.18 Å². The quantitative estimate of drug-likeness (QED) is 0.463. The van der Waals surface area contributed by atoms with E-state index in [9.17, 15) is 13.2 Å². The average Bonchev–Trinajstić information content (AvgIpc) is 3.10. The van der Waals surface area contributed by atoms with Gasteiger partial charge in [-0.3, -0.25) is 0 Å². The fourth-order valence-corrected chi connectivity index (χ4v) is 2.77. The van der Waals surface area contributed by atoms with E-state index in [0.29, 0.717) is 5.56 Å². The summed E-state index contributed by atoms with van der Waals surface area (Å²) in [7, 11) is 0. The second-order valence-corrected chi connectivity index (χ2v) is 6.20. The Labute approximate surface area is 155 Å². The van der Waals surface area contributed by atoms with Crippen LogP contribution in [-0.4, -0.2) is 20.2 Å². The summed E-state index contributed by atoms with van der Waals surface area (Å²) in [5.74, 6) is 0.221. The number of rotatable bonds is 2. The zero-order chi connectivity index (χ0) is 19.2. The SMILES string of the molecule is Cc1cccc(-c2nnc(-c3nc4cc(C(F)(F)F)ccc4nc3Cl)o2)c1. The lowest BCUT2D eigenvalue weighted by Crippen LogP contribution is -2.05. The molecule has 0 bridgehead atoms. The standard InChI is InChI=1S/C18H10ClF3N4O/c1-9-3-2-4-10(7-9)16-25-26-17(27-16)14-15(19)24-12-6-5-11(18(20,21)22)8-13(12)23-14/h2-8H,1H3. The predicted octanol–water partition coefficient (Wildman–Crippen LogP) is 5.33. The number of fused-ring (bicyclic) bond motifs is 1. The van der Waals surface area contributed by atoms with Crippen molar-refractivity contribution in [1.29, 1.82) is 0 Å². The van der Waals surface area contributed by atoms with Crippen LogP contribution in [0.2, 0.25) is 5.15 Å². The molecule has 5 nitrogen and oxygen atoms in total. The molecule has 0 unspecified atom stereocenters. The van der Waals surface area contributed by atoms with Gasteiger partial charge in [0.1, 0.15) is 0 Å². The molecule has 4 aromatic rings. The zero-order valence-corrected chi connectivity index (χ0v) is 14.5. The van der Waals surface area contributed by atoms with Gasteiger partial charge in [-0.25, -0.2) is 9.97 Å². The minimum atomic E-state index is -4.49. The number of alkyl halides is 3. The highest BCUT2D eigenvalue weighted by molar-refractivity contribution is 6.32. The second-order valence-electron chi connectivity index (χ2n) is 5.85. The largest absolute Gasteiger partial charge is 0.416 e. The first-order valence-corrected chi connectivity index (χ1v) is 8.14. The van der Waals surface area contributed by atoms with Gasteiger partial charge in [0.05, 0.1) is 16.6 Å². The Morgan fingerprint density at radius 1 is 0.926 bits per heavy atom. The topological polar surface area (TPSA) is 64.7 Å². The predicted molar refractivity (Wildman–Crippen MR) is 93.0 cm³/mol. The summed E-state index contributed by atoms with van der Waals surface area (Å²) in [5, 5.41) is 7.82. The third-order valence-corrected chi connectivity index (χ3v) is 4.11. The molecule has 0 spiro atoms. The van der Waals surface area contributed by atoms with Crippen molar-refractivity contribution in [2.45, 2.75) is 13.1 Å². The van der Waals surface area contributed by atoms with E-state index < -0.39 is 11.7 Å². The molecule has 2 heterocycles. The van der Waals surface area contributed by atoms with E-state index in [-0.39, 0.29) is 33.7 Å². The highest BCUT2D eigenvalue weighted by Crippen LogP contribution is 2.33. The van der Waals surface area contributed by atoms with Gasteiger partial charge in [0, 0.05) is 5.56 Å². The zero-order valence-electron chi connectivity index (χ0n) is 13.8. The molecule has 136 valence electrons. The highest BCUT2D eigenvalue weighted by atomic mass is 35.5. The molecule has 0 saturated heterocycles. The summed E-state index contributed by atoms with van der Waals surface area (Å²) in [6, 6.07) is 10.5. The van der Waals surface area contributed by atoms with E-state index in [4.69, 9.17) is 16.0 Å². The third-order valence-electron chi connectivity index (χ3n) is 3.84. The number of benzene rings is 2. The summed E-state index contributed by atoms with van der Waals surface area (Å²) < 4.78 is 44.4. The molecule has 0 amide bonds. The van der Waals surface area contributed by atoms with Crippen LogP contribution < -0.4 is 0 Å². The summed E-state index contributed by atoms with van der Waals surface area (Å²) >= 11 is 6.12. The molecule has 0 aliphatic rings. The molecule has 0 radical (unpaired) electrons. The number of aromatic nitrogens is 4. The van der Waals surface area contributed by atoms with Gasteiger partial charge >= 0.3 is 6.18 Å². The molecule has 2 aromatic heterocycles. The van der Waals surface area contributed by atoms with Gasteiger partial charge in [-0.1, -0.05) is 29.3 Å². The molecule has 0 aliphatic heterocycles. The third kappa shape index (κ3) is 3.35. The van der Waals surface area contributed by atoms with E-state index in [1.165, 1.54) is 6.07 Å². The number of hydrogen-bond acceptors (Lipinski definition) is 5. The molecular formula is C18H10ClF3N4O. The molecule has 0 saturated carbocycles. The van der Waals surface area contributed by atoms with Crippen LogP contribution in [0.1, 0.15) is 11.1 Å². The van der Waals surface area contributed by atoms with Gasteiger partial charge in [-0.15, -0.1) is 10.2 Å². The molecule has 27 heavy (non-hydrogen) atoms. The minimum Gasteiger partial charge on any atom is -0.414 e. The van der Waals surface area contributed by atoms with E-state index in [0.717, 1.165) is 17.7 Å². The maximum absolute atomic E-state index is 12.9. The van der Waals surface area contributed by atoms with E-state index >= 15 is 0 Å². The van der Waals surface area contributed by atoms with Crippen LogP contribution in [0.3, 0.4) is 0 Å². The second kappa shape index (κ2) is 6.31. The lowest BCUT2D eigenvalue weighted by Gasteiger charge is -2.08. The first-order valence-electron chi connectivity index (χ1n) is 7.77. The Balaban J connectivity index is 1.80. The van der Waals surface area contributed by atoms with Crippen LogP contribution in [0, 0.1) is 6.92 Å². The van der Waals surface area contributed by atoms with Crippen molar-refractivity contribution in [3.8, 4) is 23.0 Å². The van der Waals surface area contributed by atoms with Crippen molar-refractivity contribution in [2.24, 2.45) is 0 Å². The van der Waals surface area contributed by atoms with Crippen molar-refractivity contribution in [3.63, 3.8) is 0 Å². The van der Waals surface area contributed by atoms with Gasteiger partial charge in [0.15, 0.2) is 10.8 Å². The van der Waals surface area contributed by atoms with Crippen LogP contribution in [0.5, 0.6) is 0 Å². The Morgan fingerprint density at radius 3 is 2.44 bits per heavy atom. The van der Waals surface area contributed by atoms with E-state index in [2.05, 4.69) is 20.2 Å². The lowest BCUT2D eigenvalue weighted by molar-refractivity contribution is -0.137. The lowest BCUT2D eigenvalue weighted by atomic mass is 10.1. The average molecular weight is 391 g/mol. The maximum atomic E-state index is 12.9. The van der Waals surface area contributed by atoms with Crippen LogP contribution >= 0.6 is 11.6 Å². The number of aryl methyl sites for hydroxylation is 1. The molecule has 0 fully saturated rings. The van der Waals surface area contributed by atoms with Crippen molar-refractivity contribution in [1.82, 2.24) is 20.2 Å². The van der Waals surface area contributed by atoms with Gasteiger partial charge in [-0.05, 0) is 37.3 Å². The summed E-state index contributed by atoms with van der Waals surface area (Å²) in [4.78, 5) is 8.23. The molecule has 0 aliphatic carbocycles. The summed E-state index contributed by atoms with van der Waals surface area (Å²) in [5.41, 5.74) is 1.17. The first-order chi connectivity index (χ1) is 12.8. The van der Waals surface area contributed by atoms with E-state index in [1.54, 1.807) is 6.07 Å². The maximum Gasteiger partial charge on any atom is 0.416 e. The summed E-state index contributed by atoms with van der Waals surface area (Å²) in [6.45, 7) is 1.92. The van der Waals surface area contributed by atoms with E-state index in [1.807, 2.05) is 25.1 Å². The molecule has 4 rings (SSSR count). The molecule has 9 heteroatoms. The molecule has 0 atom stereocenters. The number of nitrogens with zero attached hydrogens (tertiary/aromatic N) is 4. The van der Waals surface area contributed by atoms with Crippen molar-refractivity contribution in [3.05, 3.63) is 58.7 Å². The van der Waals surface area contributed by atoms with Crippen molar-refractivity contribution >= 4 is 22.6 Å². The number of halogens is 4. The Bertz CT molecular complexity index is 1160. The fraction of sp³-hybridized carbons (Fsp3) is 0.111.